The van der Waals surface area contributed by atoms with Gasteiger partial charge in [-0.05, 0) is 50.9 Å². The highest BCUT2D eigenvalue weighted by Gasteiger charge is 2.07. The summed E-state index contributed by atoms with van der Waals surface area (Å²) in [6.45, 7) is 12.7. The number of aryl methyl sites for hydroxylation is 1. The van der Waals surface area contributed by atoms with Gasteiger partial charge in [-0.3, -0.25) is 0 Å². The van der Waals surface area contributed by atoms with Gasteiger partial charge in [0.05, 0.1) is 0 Å². The van der Waals surface area contributed by atoms with Crippen LogP contribution in [0, 0.1) is 6.92 Å². The number of nitrogens with zero attached hydrogens (tertiary/aromatic N) is 2. The van der Waals surface area contributed by atoms with Crippen molar-refractivity contribution >= 4 is 5.82 Å². The predicted molar refractivity (Wildman–Crippen MR) is 74.5 cm³/mol. The summed E-state index contributed by atoms with van der Waals surface area (Å²) < 4.78 is 0. The maximum Gasteiger partial charge on any atom is 0.131 e. The van der Waals surface area contributed by atoms with E-state index in [4.69, 9.17) is 0 Å². The van der Waals surface area contributed by atoms with Gasteiger partial charge in [0.25, 0.3) is 0 Å². The van der Waals surface area contributed by atoms with Crippen LogP contribution in [0.4, 0.5) is 5.82 Å². The first-order chi connectivity index (χ1) is 8.22. The highest BCUT2D eigenvalue weighted by Crippen LogP contribution is 2.17. The van der Waals surface area contributed by atoms with Crippen molar-refractivity contribution in [3.8, 4) is 0 Å². The molecule has 0 aliphatic rings. The molecule has 96 valence electrons. The summed E-state index contributed by atoms with van der Waals surface area (Å²) in [6.07, 6.45) is 3.16. The van der Waals surface area contributed by atoms with Crippen LogP contribution >= 0.6 is 0 Å². The Labute approximate surface area is 105 Å². The third kappa shape index (κ3) is 4.00. The molecule has 0 amide bonds. The summed E-state index contributed by atoms with van der Waals surface area (Å²) >= 11 is 0. The van der Waals surface area contributed by atoms with E-state index in [1.165, 1.54) is 17.5 Å². The maximum absolute atomic E-state index is 4.58. The average Bonchev–Trinajstić information content (AvgIpc) is 2.33. The lowest BCUT2D eigenvalue weighted by Crippen LogP contribution is -2.24. The highest BCUT2D eigenvalue weighted by atomic mass is 15.2. The van der Waals surface area contributed by atoms with Crippen LogP contribution in [-0.4, -0.2) is 24.6 Å². The van der Waals surface area contributed by atoms with Crippen LogP contribution < -0.4 is 10.2 Å². The van der Waals surface area contributed by atoms with Gasteiger partial charge in [0.1, 0.15) is 5.82 Å². The number of pyridine rings is 1. The fraction of sp³-hybridized carbons (Fsp3) is 0.643. The van der Waals surface area contributed by atoms with E-state index < -0.39 is 0 Å². The van der Waals surface area contributed by atoms with Crippen molar-refractivity contribution in [1.82, 2.24) is 10.3 Å². The summed E-state index contributed by atoms with van der Waals surface area (Å²) in [5.74, 6) is 1.12. The first-order valence-electron chi connectivity index (χ1n) is 6.64. The van der Waals surface area contributed by atoms with E-state index in [-0.39, 0.29) is 0 Å². The van der Waals surface area contributed by atoms with E-state index >= 15 is 0 Å². The molecule has 1 heterocycles. The second-order valence-corrected chi connectivity index (χ2v) is 4.33. The minimum absolute atomic E-state index is 0.917. The smallest absolute Gasteiger partial charge is 0.131 e. The van der Waals surface area contributed by atoms with E-state index in [1.807, 2.05) is 6.20 Å². The Morgan fingerprint density at radius 1 is 1.24 bits per heavy atom. The Bertz CT molecular complexity index is 332. The number of rotatable bonds is 7. The monoisotopic (exact) mass is 235 g/mol. The van der Waals surface area contributed by atoms with Gasteiger partial charge >= 0.3 is 0 Å². The number of hydrogen-bond acceptors (Lipinski definition) is 3. The molecule has 3 nitrogen and oxygen atoms in total. The van der Waals surface area contributed by atoms with Gasteiger partial charge in [0.15, 0.2) is 0 Å². The molecule has 0 spiro atoms. The number of anilines is 1. The Morgan fingerprint density at radius 2 is 1.94 bits per heavy atom. The van der Waals surface area contributed by atoms with Crippen LogP contribution in [0.2, 0.25) is 0 Å². The molecule has 0 fully saturated rings. The molecule has 0 unspecified atom stereocenters. The van der Waals surface area contributed by atoms with E-state index in [1.54, 1.807) is 0 Å². The third-order valence-electron chi connectivity index (χ3n) is 2.93. The fourth-order valence-electron chi connectivity index (χ4n) is 1.99. The molecule has 17 heavy (non-hydrogen) atoms. The minimum atomic E-state index is 0.917. The van der Waals surface area contributed by atoms with Crippen LogP contribution in [0.5, 0.6) is 0 Å². The van der Waals surface area contributed by atoms with Crippen molar-refractivity contribution in [2.75, 3.05) is 24.5 Å². The minimum Gasteiger partial charge on any atom is -0.357 e. The summed E-state index contributed by atoms with van der Waals surface area (Å²) in [6, 6.07) is 2.24. The lowest BCUT2D eigenvalue weighted by molar-refractivity contribution is 0.673. The molecule has 1 rings (SSSR count). The van der Waals surface area contributed by atoms with Crippen molar-refractivity contribution in [2.24, 2.45) is 0 Å². The molecule has 0 bridgehead atoms. The standard InChI is InChI=1S/C14H25N3/c1-5-8-15-10-13-9-12(4)14(16-11-13)17(6-2)7-3/h9,11,15H,5-8,10H2,1-4H3. The molecule has 0 saturated heterocycles. The van der Waals surface area contributed by atoms with E-state index in [9.17, 15) is 0 Å². The van der Waals surface area contributed by atoms with Crippen molar-refractivity contribution < 1.29 is 0 Å². The third-order valence-corrected chi connectivity index (χ3v) is 2.93. The quantitative estimate of drug-likeness (QED) is 0.737. The largest absolute Gasteiger partial charge is 0.357 e. The van der Waals surface area contributed by atoms with Gasteiger partial charge in [-0.2, -0.15) is 0 Å². The lowest BCUT2D eigenvalue weighted by Gasteiger charge is -2.22. The van der Waals surface area contributed by atoms with Crippen LogP contribution in [0.1, 0.15) is 38.3 Å². The molecule has 0 aromatic carbocycles. The second-order valence-electron chi connectivity index (χ2n) is 4.33. The first-order valence-corrected chi connectivity index (χ1v) is 6.64. The van der Waals surface area contributed by atoms with Crippen LogP contribution in [0.15, 0.2) is 12.3 Å². The second kappa shape index (κ2) is 7.28. The Balaban J connectivity index is 2.71. The van der Waals surface area contributed by atoms with Gasteiger partial charge in [-0.1, -0.05) is 6.92 Å². The van der Waals surface area contributed by atoms with Crippen molar-refractivity contribution in [1.29, 1.82) is 0 Å². The van der Waals surface area contributed by atoms with Crippen LogP contribution in [0.25, 0.3) is 0 Å². The Kier molecular flexibility index (Phi) is 5.98. The molecule has 1 aromatic rings. The zero-order chi connectivity index (χ0) is 12.7. The molecule has 0 aliphatic carbocycles. The Hall–Kier alpha value is -1.09. The zero-order valence-electron chi connectivity index (χ0n) is 11.6. The molecular formula is C14H25N3. The Morgan fingerprint density at radius 3 is 2.47 bits per heavy atom. The predicted octanol–water partition coefficient (Wildman–Crippen LogP) is 2.74. The summed E-state index contributed by atoms with van der Waals surface area (Å²) in [4.78, 5) is 6.88. The van der Waals surface area contributed by atoms with Gasteiger partial charge in [-0.15, -0.1) is 0 Å². The molecule has 0 radical (unpaired) electrons. The normalized spacial score (nSPS) is 10.6. The molecule has 1 aromatic heterocycles. The van der Waals surface area contributed by atoms with Crippen LogP contribution in [0.3, 0.4) is 0 Å². The van der Waals surface area contributed by atoms with Crippen molar-refractivity contribution in [2.45, 2.75) is 40.7 Å². The van der Waals surface area contributed by atoms with Crippen molar-refractivity contribution in [3.63, 3.8) is 0 Å². The van der Waals surface area contributed by atoms with Gasteiger partial charge in [0, 0.05) is 25.8 Å². The number of aromatic nitrogens is 1. The zero-order valence-corrected chi connectivity index (χ0v) is 11.6. The summed E-state index contributed by atoms with van der Waals surface area (Å²) in [5.41, 5.74) is 2.54. The molecule has 3 heteroatoms. The molecule has 1 N–H and O–H groups in total. The van der Waals surface area contributed by atoms with E-state index in [2.05, 4.69) is 49.0 Å². The van der Waals surface area contributed by atoms with Gasteiger partial charge in [-0.25, -0.2) is 4.98 Å². The van der Waals surface area contributed by atoms with Crippen LogP contribution in [-0.2, 0) is 6.54 Å². The first kappa shape index (κ1) is 14.0. The van der Waals surface area contributed by atoms with E-state index in [0.29, 0.717) is 0 Å². The highest BCUT2D eigenvalue weighted by molar-refractivity contribution is 5.47. The number of nitrogens with one attached hydrogen (secondary N) is 1. The molecular weight excluding hydrogens is 210 g/mol. The summed E-state index contributed by atoms with van der Waals surface area (Å²) in [5, 5.41) is 3.40. The lowest BCUT2D eigenvalue weighted by atomic mass is 10.2. The molecule has 0 atom stereocenters. The van der Waals surface area contributed by atoms with Gasteiger partial charge < -0.3 is 10.2 Å². The van der Waals surface area contributed by atoms with Gasteiger partial charge in [0.2, 0.25) is 0 Å². The molecule has 0 saturated carbocycles. The SMILES string of the molecule is CCCNCc1cnc(N(CC)CC)c(C)c1. The topological polar surface area (TPSA) is 28.2 Å². The summed E-state index contributed by atoms with van der Waals surface area (Å²) in [7, 11) is 0. The molecule has 0 aliphatic heterocycles. The fourth-order valence-corrected chi connectivity index (χ4v) is 1.99. The maximum atomic E-state index is 4.58. The number of hydrogen-bond donors (Lipinski definition) is 1. The van der Waals surface area contributed by atoms with E-state index in [0.717, 1.165) is 32.0 Å². The average molecular weight is 235 g/mol. The van der Waals surface area contributed by atoms with Crippen molar-refractivity contribution in [3.05, 3.63) is 23.4 Å².